The molecule has 3 aliphatic rings. The molecule has 0 radical (unpaired) electrons. The van der Waals surface area contributed by atoms with Crippen molar-refractivity contribution >= 4 is 58.3 Å². The summed E-state index contributed by atoms with van der Waals surface area (Å²) in [5.74, 6) is -7.09. The van der Waals surface area contributed by atoms with Crippen LogP contribution in [0.5, 0.6) is 0 Å². The Bertz CT molecular complexity index is 2840. The fourth-order valence-electron chi connectivity index (χ4n) is 8.69. The Morgan fingerprint density at radius 1 is 0.942 bits per heavy atom. The maximum Gasteiger partial charge on any atom is 0.343 e. The van der Waals surface area contributed by atoms with Gasteiger partial charge in [-0.1, -0.05) is 37.3 Å². The number of aryl methyl sites for hydroxylation is 1. The van der Waals surface area contributed by atoms with Crippen LogP contribution in [-0.2, 0) is 79.4 Å². The number of ether oxygens (including phenoxy) is 2. The summed E-state index contributed by atoms with van der Waals surface area (Å²) in [5, 5.41) is 35.5. The van der Waals surface area contributed by atoms with Crippen LogP contribution in [0.25, 0.3) is 22.3 Å². The second kappa shape index (κ2) is 20.7. The van der Waals surface area contributed by atoms with Crippen LogP contribution in [0.4, 0.5) is 4.39 Å². The number of aliphatic carboxylic acids is 1. The van der Waals surface area contributed by atoms with Crippen LogP contribution in [0.1, 0.15) is 71.2 Å². The number of nitrogens with two attached hydrogens (primary N) is 1. The number of carbonyl (C=O) groups excluding carboxylic acids is 7. The molecule has 2 aliphatic heterocycles. The Kier molecular flexibility index (Phi) is 14.8. The summed E-state index contributed by atoms with van der Waals surface area (Å²) in [6.07, 6.45) is 0.0585. The van der Waals surface area contributed by atoms with Gasteiger partial charge in [0.15, 0.2) is 5.60 Å². The molecular weight excluding hydrogens is 906 g/mol. The van der Waals surface area contributed by atoms with E-state index in [1.54, 1.807) is 50.2 Å². The molecule has 0 fully saturated rings. The predicted molar refractivity (Wildman–Crippen MR) is 239 cm³/mol. The molecule has 0 saturated carbocycles. The van der Waals surface area contributed by atoms with Gasteiger partial charge >= 0.3 is 11.9 Å². The number of carbonyl (C=O) groups is 8. The van der Waals surface area contributed by atoms with E-state index in [0.717, 1.165) is 5.56 Å². The summed E-state index contributed by atoms with van der Waals surface area (Å²) in [7, 11) is 0. The van der Waals surface area contributed by atoms with E-state index in [1.165, 1.54) is 10.6 Å². The number of pyridine rings is 2. The van der Waals surface area contributed by atoms with E-state index in [1.807, 2.05) is 0 Å². The summed E-state index contributed by atoms with van der Waals surface area (Å²) < 4.78 is 27.4. The Labute approximate surface area is 391 Å². The number of aromatic nitrogens is 2. The molecule has 10 N–H and O–H groups in total. The fraction of sp³-hybridized carbons (Fsp3) is 0.391. The molecule has 364 valence electrons. The predicted octanol–water partition coefficient (Wildman–Crippen LogP) is -1.40. The maximum absolute atomic E-state index is 15.3. The van der Waals surface area contributed by atoms with Gasteiger partial charge in [0.25, 0.3) is 5.56 Å². The topological polar surface area (TPSA) is 329 Å². The molecule has 4 atom stereocenters. The normalized spacial score (nSPS) is 17.2. The lowest BCUT2D eigenvalue weighted by atomic mass is 9.81. The van der Waals surface area contributed by atoms with Gasteiger partial charge in [0.2, 0.25) is 35.4 Å². The highest BCUT2D eigenvalue weighted by atomic mass is 19.1. The zero-order valence-electron chi connectivity index (χ0n) is 37.5. The average molecular weight is 956 g/mol. The molecule has 69 heavy (non-hydrogen) atoms. The second-order valence-corrected chi connectivity index (χ2v) is 16.8. The van der Waals surface area contributed by atoms with Gasteiger partial charge in [-0.25, -0.2) is 14.2 Å². The van der Waals surface area contributed by atoms with Gasteiger partial charge in [0.1, 0.15) is 31.8 Å². The van der Waals surface area contributed by atoms with E-state index in [9.17, 15) is 48.3 Å². The van der Waals surface area contributed by atoms with Gasteiger partial charge in [-0.2, -0.15) is 0 Å². The van der Waals surface area contributed by atoms with E-state index >= 15 is 4.39 Å². The summed E-state index contributed by atoms with van der Waals surface area (Å²) in [4.78, 5) is 118. The second-order valence-electron chi connectivity index (χ2n) is 16.8. The molecule has 7 rings (SSSR count). The van der Waals surface area contributed by atoms with Crippen LogP contribution in [0.15, 0.2) is 47.3 Å². The average Bonchev–Trinajstić information content (AvgIpc) is 3.69. The lowest BCUT2D eigenvalue weighted by molar-refractivity contribution is -0.172. The molecule has 4 aromatic rings. The summed E-state index contributed by atoms with van der Waals surface area (Å²) in [5.41, 5.74) is 7.22. The van der Waals surface area contributed by atoms with Crippen molar-refractivity contribution in [3.63, 3.8) is 0 Å². The monoisotopic (exact) mass is 955 g/mol. The van der Waals surface area contributed by atoms with Crippen molar-refractivity contribution in [1.29, 1.82) is 0 Å². The Hall–Kier alpha value is -7.63. The van der Waals surface area contributed by atoms with Gasteiger partial charge in [0.05, 0.1) is 67.2 Å². The van der Waals surface area contributed by atoms with Gasteiger partial charge in [-0.15, -0.1) is 0 Å². The van der Waals surface area contributed by atoms with Crippen LogP contribution in [0.2, 0.25) is 0 Å². The molecule has 0 unspecified atom stereocenters. The molecule has 22 nitrogen and oxygen atoms in total. The van der Waals surface area contributed by atoms with Crippen molar-refractivity contribution in [3.8, 4) is 11.4 Å². The number of benzene rings is 2. The standard InChI is InChI=1S/C46H50FN9O13/c1-3-46(67)27-12-33-41-25(18-56(33)44(65)26(27)19-69-45(46)66)40-30(10-9-24-22(2)28(47)13-31(55-41)39(24)40)53-37(60)20-68-21-52-35(58)16-51-43(64)32(11-23-7-5-4-6-8-23)54-36(59)17-49-34(57)15-50-42(63)29(48)14-38(61)62/h4-8,12-13,29-30,32,67H,3,9-11,14-21,48H2,1-2H3,(H,49,57)(H,50,63)(H,51,64)(H,52,58)(H,53,60)(H,54,59)(H,61,62)/t29-,30-,32-,46-/m0/s1. The zero-order valence-corrected chi connectivity index (χ0v) is 37.5. The molecule has 0 spiro atoms. The van der Waals surface area contributed by atoms with Gasteiger partial charge in [0, 0.05) is 29.0 Å². The number of rotatable bonds is 19. The van der Waals surface area contributed by atoms with Gasteiger partial charge in [-0.05, 0) is 54.5 Å². The number of cyclic esters (lactones) is 1. The van der Waals surface area contributed by atoms with Crippen molar-refractivity contribution in [2.24, 2.45) is 5.73 Å². The van der Waals surface area contributed by atoms with Crippen molar-refractivity contribution in [2.75, 3.05) is 33.0 Å². The minimum absolute atomic E-state index is 0.00876. The number of aliphatic hydroxyl groups is 1. The number of fused-ring (bicyclic) bond motifs is 5. The number of esters is 1. The lowest BCUT2D eigenvalue weighted by Gasteiger charge is -2.31. The Morgan fingerprint density at radius 2 is 1.64 bits per heavy atom. The third kappa shape index (κ3) is 10.6. The first-order valence-corrected chi connectivity index (χ1v) is 22.0. The molecule has 0 bridgehead atoms. The fourth-order valence-corrected chi connectivity index (χ4v) is 8.69. The number of nitrogens with zero attached hydrogens (tertiary/aromatic N) is 2. The molecule has 23 heteroatoms. The van der Waals surface area contributed by atoms with E-state index in [2.05, 4.69) is 31.9 Å². The smallest absolute Gasteiger partial charge is 0.343 e. The van der Waals surface area contributed by atoms with Crippen molar-refractivity contribution in [3.05, 3.63) is 97.6 Å². The number of hydrogen-bond donors (Lipinski definition) is 9. The number of nitrogens with one attached hydrogen (secondary N) is 6. The molecule has 2 aromatic heterocycles. The molecule has 6 amide bonds. The zero-order chi connectivity index (χ0) is 49.7. The lowest BCUT2D eigenvalue weighted by Crippen LogP contribution is -2.52. The van der Waals surface area contributed by atoms with Crippen LogP contribution >= 0.6 is 0 Å². The van der Waals surface area contributed by atoms with Gasteiger partial charge < -0.3 is 61.9 Å². The highest BCUT2D eigenvalue weighted by Gasteiger charge is 2.46. The van der Waals surface area contributed by atoms with Crippen molar-refractivity contribution in [1.82, 2.24) is 41.5 Å². The summed E-state index contributed by atoms with van der Waals surface area (Å²) >= 11 is 0. The Morgan fingerprint density at radius 3 is 2.35 bits per heavy atom. The van der Waals surface area contributed by atoms with E-state index in [-0.39, 0.29) is 37.1 Å². The molecular formula is C46H50FN9O13. The maximum atomic E-state index is 15.3. The van der Waals surface area contributed by atoms with E-state index in [0.29, 0.717) is 57.4 Å². The van der Waals surface area contributed by atoms with E-state index in [4.69, 9.17) is 25.3 Å². The quantitative estimate of drug-likeness (QED) is 0.0261. The molecule has 0 saturated heterocycles. The minimum Gasteiger partial charge on any atom is -0.481 e. The van der Waals surface area contributed by atoms with Crippen molar-refractivity contribution < 1.29 is 62.4 Å². The first kappa shape index (κ1) is 49.3. The number of amides is 6. The first-order valence-electron chi connectivity index (χ1n) is 22.0. The highest BCUT2D eigenvalue weighted by molar-refractivity contribution is 5.95. The number of carboxylic acid groups (broad SMARTS) is 1. The molecule has 4 heterocycles. The number of halogens is 1. The largest absolute Gasteiger partial charge is 0.481 e. The third-order valence-electron chi connectivity index (χ3n) is 12.3. The summed E-state index contributed by atoms with van der Waals surface area (Å²) in [6, 6.07) is 8.28. The van der Waals surface area contributed by atoms with Crippen LogP contribution < -0.4 is 43.2 Å². The number of hydrogen-bond acceptors (Lipinski definition) is 14. The molecule has 2 aromatic carbocycles. The highest BCUT2D eigenvalue weighted by Crippen LogP contribution is 2.46. The van der Waals surface area contributed by atoms with Gasteiger partial charge in [-0.3, -0.25) is 38.4 Å². The first-order chi connectivity index (χ1) is 32.9. The Balaban J connectivity index is 0.941. The van der Waals surface area contributed by atoms with Crippen LogP contribution in [0, 0.1) is 12.7 Å². The summed E-state index contributed by atoms with van der Waals surface area (Å²) in [6.45, 7) is 0.316. The van der Waals surface area contributed by atoms with E-state index < -0.39 is 122 Å². The number of carboxylic acids is 1. The van der Waals surface area contributed by atoms with Crippen molar-refractivity contribution in [2.45, 2.75) is 82.8 Å². The third-order valence-corrected chi connectivity index (χ3v) is 12.3. The van der Waals surface area contributed by atoms with Crippen LogP contribution in [-0.4, -0.2) is 112 Å². The molecule has 1 aliphatic carbocycles. The minimum atomic E-state index is -2.05. The van der Waals surface area contributed by atoms with Crippen LogP contribution in [0.3, 0.4) is 0 Å². The SMILES string of the molecule is CC[C@@]1(O)C(=O)OCc2c1cc1n(c2=O)Cc2c-1nc1cc(F)c(C)c3c1c2[C@@H](NC(=O)COCNC(=O)CNC(=O)[C@H](Cc1ccccc1)NC(=O)CNC(=O)CNC(=O)[C@@H](N)CC(=O)O)CC3.